The Balaban J connectivity index is 2.41. The van der Waals surface area contributed by atoms with Gasteiger partial charge in [-0.1, -0.05) is 10.3 Å². The average Bonchev–Trinajstić information content (AvgIpc) is 2.69. The zero-order valence-corrected chi connectivity index (χ0v) is 10.5. The molecule has 0 aromatic carbocycles. The van der Waals surface area contributed by atoms with E-state index in [-0.39, 0.29) is 13.1 Å². The van der Waals surface area contributed by atoms with Gasteiger partial charge in [-0.05, 0) is 26.3 Å². The molecule has 1 N–H and O–H groups in total. The van der Waals surface area contributed by atoms with Crippen LogP contribution in [-0.4, -0.2) is 16.9 Å². The highest BCUT2D eigenvalue weighted by Crippen LogP contribution is 2.08. The molecule has 0 saturated heterocycles. The predicted octanol–water partition coefficient (Wildman–Crippen LogP) is 2.51. The van der Waals surface area contributed by atoms with E-state index < -0.39 is 11.7 Å². The molecule has 0 aliphatic rings. The fourth-order valence-electron chi connectivity index (χ4n) is 1.09. The maximum Gasteiger partial charge on any atom is 0.407 e. The summed E-state index contributed by atoms with van der Waals surface area (Å²) in [6.45, 7) is 5.62. The summed E-state index contributed by atoms with van der Waals surface area (Å²) in [5, 5.41) is 9.58. The first-order valence-corrected chi connectivity index (χ1v) is 5.33. The van der Waals surface area contributed by atoms with Gasteiger partial charge in [0.15, 0.2) is 0 Å². The van der Waals surface area contributed by atoms with Gasteiger partial charge in [-0.15, -0.1) is 0 Å². The Morgan fingerprint density at radius 3 is 3.00 bits per heavy atom. The number of nitrogens with zero attached hydrogens (tertiary/aromatic N) is 4. The first-order valence-electron chi connectivity index (χ1n) is 5.33. The van der Waals surface area contributed by atoms with Crippen LogP contribution in [0, 0.1) is 0 Å². The van der Waals surface area contributed by atoms with Crippen molar-refractivity contribution >= 4 is 6.09 Å². The fraction of sp³-hybridized carbons (Fsp3) is 0.600. The van der Waals surface area contributed by atoms with E-state index in [9.17, 15) is 4.79 Å². The second-order valence-corrected chi connectivity index (χ2v) is 4.53. The molecular formula is C10H15N5O3. The van der Waals surface area contributed by atoms with Crippen molar-refractivity contribution in [3.05, 3.63) is 28.0 Å². The second-order valence-electron chi connectivity index (χ2n) is 4.53. The van der Waals surface area contributed by atoms with Gasteiger partial charge in [0.05, 0.1) is 13.1 Å². The van der Waals surface area contributed by atoms with Crippen LogP contribution in [0.2, 0.25) is 0 Å². The fourth-order valence-corrected chi connectivity index (χ4v) is 1.09. The van der Waals surface area contributed by atoms with E-state index in [1.54, 1.807) is 26.8 Å². The van der Waals surface area contributed by atoms with Gasteiger partial charge in [0.1, 0.15) is 17.1 Å². The van der Waals surface area contributed by atoms with Gasteiger partial charge in [-0.2, -0.15) is 0 Å². The molecule has 0 spiro atoms. The maximum absolute atomic E-state index is 11.4. The molecule has 8 nitrogen and oxygen atoms in total. The van der Waals surface area contributed by atoms with Crippen molar-refractivity contribution in [2.75, 3.05) is 0 Å². The lowest BCUT2D eigenvalue weighted by Gasteiger charge is -2.19. The second kappa shape index (κ2) is 5.92. The molecule has 0 unspecified atom stereocenters. The summed E-state index contributed by atoms with van der Waals surface area (Å²) in [7, 11) is 0. The quantitative estimate of drug-likeness (QED) is 0.504. The molecule has 0 aliphatic heterocycles. The summed E-state index contributed by atoms with van der Waals surface area (Å²) in [6, 6.07) is 1.60. The third-order valence-corrected chi connectivity index (χ3v) is 1.71. The molecule has 18 heavy (non-hydrogen) atoms. The zero-order chi connectivity index (χ0) is 13.6. The van der Waals surface area contributed by atoms with Gasteiger partial charge < -0.3 is 14.6 Å². The molecule has 0 saturated carbocycles. The zero-order valence-electron chi connectivity index (χ0n) is 10.5. The van der Waals surface area contributed by atoms with E-state index in [1.807, 2.05) is 0 Å². The van der Waals surface area contributed by atoms with E-state index in [4.69, 9.17) is 14.8 Å². The van der Waals surface area contributed by atoms with Gasteiger partial charge in [-0.25, -0.2) is 4.79 Å². The van der Waals surface area contributed by atoms with E-state index in [2.05, 4.69) is 20.5 Å². The third kappa shape index (κ3) is 5.22. The Kier molecular flexibility index (Phi) is 4.56. The number of azide groups is 1. The maximum atomic E-state index is 11.4. The van der Waals surface area contributed by atoms with Gasteiger partial charge >= 0.3 is 6.09 Å². The average molecular weight is 253 g/mol. The molecule has 0 atom stereocenters. The molecule has 1 aromatic heterocycles. The number of carbonyl (C=O) groups excluding carboxylic acids is 1. The van der Waals surface area contributed by atoms with E-state index in [0.29, 0.717) is 11.5 Å². The van der Waals surface area contributed by atoms with Gasteiger partial charge in [0.25, 0.3) is 0 Å². The van der Waals surface area contributed by atoms with Crippen molar-refractivity contribution < 1.29 is 14.1 Å². The van der Waals surface area contributed by atoms with Crippen LogP contribution in [0.5, 0.6) is 0 Å². The lowest BCUT2D eigenvalue weighted by Crippen LogP contribution is -2.32. The summed E-state index contributed by atoms with van der Waals surface area (Å²) >= 11 is 0. The molecule has 0 fully saturated rings. The third-order valence-electron chi connectivity index (χ3n) is 1.71. The van der Waals surface area contributed by atoms with Crippen LogP contribution in [0.4, 0.5) is 4.79 Å². The minimum Gasteiger partial charge on any atom is -0.444 e. The van der Waals surface area contributed by atoms with Gasteiger partial charge in [0.2, 0.25) is 0 Å². The number of hydrogen-bond acceptors (Lipinski definition) is 5. The summed E-state index contributed by atoms with van der Waals surface area (Å²) in [6.07, 6.45) is -0.526. The topological polar surface area (TPSA) is 113 Å². The number of carbonyl (C=O) groups is 1. The monoisotopic (exact) mass is 253 g/mol. The van der Waals surface area contributed by atoms with Crippen LogP contribution in [0.25, 0.3) is 10.4 Å². The molecule has 98 valence electrons. The lowest BCUT2D eigenvalue weighted by molar-refractivity contribution is 0.0522. The molecule has 8 heteroatoms. The van der Waals surface area contributed by atoms with E-state index in [1.165, 1.54) is 0 Å². The van der Waals surface area contributed by atoms with E-state index >= 15 is 0 Å². The molecule has 1 heterocycles. The Morgan fingerprint density at radius 1 is 1.67 bits per heavy atom. The molecule has 0 radical (unpaired) electrons. The van der Waals surface area contributed by atoms with Gasteiger partial charge in [-0.3, -0.25) is 0 Å². The van der Waals surface area contributed by atoms with Crippen molar-refractivity contribution in [3.8, 4) is 0 Å². The molecule has 0 bridgehead atoms. The Hall–Kier alpha value is -2.21. The van der Waals surface area contributed by atoms with Crippen LogP contribution in [0.15, 0.2) is 15.7 Å². The Labute approximate surface area is 104 Å². The minimum absolute atomic E-state index is 0.0932. The number of rotatable bonds is 4. The Morgan fingerprint density at radius 2 is 2.39 bits per heavy atom. The molecular weight excluding hydrogens is 238 g/mol. The first-order chi connectivity index (χ1) is 8.40. The van der Waals surface area contributed by atoms with Crippen molar-refractivity contribution in [2.24, 2.45) is 5.11 Å². The number of alkyl carbamates (subject to hydrolysis) is 1. The highest BCUT2D eigenvalue weighted by molar-refractivity contribution is 5.67. The number of ether oxygens (including phenoxy) is 1. The lowest BCUT2D eigenvalue weighted by atomic mass is 10.2. The van der Waals surface area contributed by atoms with Crippen LogP contribution < -0.4 is 5.32 Å². The summed E-state index contributed by atoms with van der Waals surface area (Å²) in [4.78, 5) is 14.0. The summed E-state index contributed by atoms with van der Waals surface area (Å²) in [5.74, 6) is 0.439. The molecule has 1 aromatic rings. The SMILES string of the molecule is CC(C)(C)OC(=O)NCc1cc(CN=[N+]=[N-])on1. The van der Waals surface area contributed by atoms with Crippen LogP contribution in [0.1, 0.15) is 32.2 Å². The Bertz CT molecular complexity index is 456. The molecule has 1 amide bonds. The van der Waals surface area contributed by atoms with Crippen LogP contribution in [0.3, 0.4) is 0 Å². The largest absolute Gasteiger partial charge is 0.444 e. The number of hydrogen-bond donors (Lipinski definition) is 1. The van der Waals surface area contributed by atoms with Gasteiger partial charge in [0, 0.05) is 11.0 Å². The summed E-state index contributed by atoms with van der Waals surface area (Å²) < 4.78 is 9.95. The number of nitrogens with one attached hydrogen (secondary N) is 1. The smallest absolute Gasteiger partial charge is 0.407 e. The standard InChI is InChI=1S/C10H15N5O3/c1-10(2,3)17-9(16)12-5-7-4-8(18-14-7)6-13-15-11/h4H,5-6H2,1-3H3,(H,12,16). The predicted molar refractivity (Wildman–Crippen MR) is 62.4 cm³/mol. The van der Waals surface area contributed by atoms with Crippen molar-refractivity contribution in [1.82, 2.24) is 10.5 Å². The van der Waals surface area contributed by atoms with Crippen LogP contribution >= 0.6 is 0 Å². The number of amides is 1. The molecule has 0 aliphatic carbocycles. The highest BCUT2D eigenvalue weighted by atomic mass is 16.6. The minimum atomic E-state index is -0.541. The van der Waals surface area contributed by atoms with Crippen molar-refractivity contribution in [3.63, 3.8) is 0 Å². The molecule has 1 rings (SSSR count). The van der Waals surface area contributed by atoms with E-state index in [0.717, 1.165) is 0 Å². The van der Waals surface area contributed by atoms with Crippen molar-refractivity contribution in [1.29, 1.82) is 0 Å². The number of aromatic nitrogens is 1. The first kappa shape index (κ1) is 13.9. The summed E-state index contributed by atoms with van der Waals surface area (Å²) in [5.41, 5.74) is 8.13. The van der Waals surface area contributed by atoms with Crippen LogP contribution in [-0.2, 0) is 17.8 Å². The van der Waals surface area contributed by atoms with Crippen molar-refractivity contribution in [2.45, 2.75) is 39.5 Å². The normalized spacial score (nSPS) is 10.6. The highest BCUT2D eigenvalue weighted by Gasteiger charge is 2.16.